The normalized spacial score (nSPS) is 14.8. The van der Waals surface area contributed by atoms with Crippen molar-refractivity contribution in [2.24, 2.45) is 17.8 Å². The van der Waals surface area contributed by atoms with Gasteiger partial charge in [0.1, 0.15) is 19.3 Å². The molecule has 19 heteroatoms. The first-order valence-electron chi connectivity index (χ1n) is 34.2. The van der Waals surface area contributed by atoms with Crippen LogP contribution in [0.25, 0.3) is 0 Å². The quantitative estimate of drug-likeness (QED) is 0.0169. The number of ether oxygens (including phenoxy) is 4. The van der Waals surface area contributed by atoms with Crippen molar-refractivity contribution in [1.29, 1.82) is 0 Å². The number of carbonyl (C=O) groups is 4. The van der Waals surface area contributed by atoms with Gasteiger partial charge >= 0.3 is 39.5 Å². The monoisotopic (exact) mass is 1260 g/mol. The van der Waals surface area contributed by atoms with Crippen LogP contribution in [-0.4, -0.2) is 96.7 Å². The second kappa shape index (κ2) is 57.7. The zero-order valence-corrected chi connectivity index (χ0v) is 57.0. The van der Waals surface area contributed by atoms with Crippen LogP contribution < -0.4 is 0 Å². The van der Waals surface area contributed by atoms with Crippen LogP contribution in [0.1, 0.15) is 305 Å². The Morgan fingerprint density at radius 1 is 0.384 bits per heavy atom. The van der Waals surface area contributed by atoms with Crippen LogP contribution in [0.4, 0.5) is 0 Å². The number of aliphatic hydroxyl groups is 1. The number of carbonyl (C=O) groups excluding carboxylic acids is 4. The van der Waals surface area contributed by atoms with E-state index in [1.165, 1.54) is 89.9 Å². The van der Waals surface area contributed by atoms with Crippen LogP contribution >= 0.6 is 15.6 Å². The molecule has 0 bridgehead atoms. The smallest absolute Gasteiger partial charge is 0.462 e. The van der Waals surface area contributed by atoms with Crippen LogP contribution in [0.15, 0.2) is 24.3 Å². The highest BCUT2D eigenvalue weighted by atomic mass is 31.2. The lowest BCUT2D eigenvalue weighted by Crippen LogP contribution is -2.30. The molecular formula is C67H126O17P2. The van der Waals surface area contributed by atoms with E-state index in [2.05, 4.69) is 72.8 Å². The number of unbranched alkanes of at least 4 members (excludes halogenated alkanes) is 27. The topological polar surface area (TPSA) is 237 Å². The minimum Gasteiger partial charge on any atom is -0.462 e. The fourth-order valence-corrected chi connectivity index (χ4v) is 11.0. The fraction of sp³-hybridized carbons (Fsp3) is 0.881. The predicted octanol–water partition coefficient (Wildman–Crippen LogP) is 18.2. The van der Waals surface area contributed by atoms with Crippen molar-refractivity contribution in [3.05, 3.63) is 24.3 Å². The summed E-state index contributed by atoms with van der Waals surface area (Å²) in [6, 6.07) is 0. The standard InChI is InChI=1S/C67H126O17P2/c1-8-10-11-12-13-14-15-16-17-18-19-20-26-34-41-48-64(69)77-54-62(83-66(71)50-43-36-27-22-21-25-33-40-47-60(7)9-2)56-81-85(73,74)79-52-61(68)53-80-86(75,76)82-57-63(55-78-65(70)49-42-35-30-29-32-39-46-59(5)6)84-67(72)51-44-37-28-23-24-31-38-45-58(3)4/h14-17,58-63,68H,8-13,18-57H2,1-7H3,(H,73,74)(H,75,76)/b15-14-,17-16-/t60?,61-,62-,63-/m1/s1. The number of hydrogen-bond acceptors (Lipinski definition) is 15. The number of rotatable bonds is 63. The molecule has 0 aliphatic rings. The molecule has 0 radical (unpaired) electrons. The van der Waals surface area contributed by atoms with Crippen molar-refractivity contribution >= 4 is 39.5 Å². The van der Waals surface area contributed by atoms with Crippen molar-refractivity contribution in [1.82, 2.24) is 0 Å². The van der Waals surface area contributed by atoms with Gasteiger partial charge in [-0.2, -0.15) is 0 Å². The third kappa shape index (κ3) is 59.2. The van der Waals surface area contributed by atoms with E-state index >= 15 is 0 Å². The second-order valence-electron chi connectivity index (χ2n) is 24.7. The van der Waals surface area contributed by atoms with Crippen molar-refractivity contribution in [3.8, 4) is 0 Å². The van der Waals surface area contributed by atoms with Crippen LogP contribution in [-0.2, 0) is 65.4 Å². The van der Waals surface area contributed by atoms with Crippen molar-refractivity contribution in [3.63, 3.8) is 0 Å². The second-order valence-corrected chi connectivity index (χ2v) is 27.6. The van der Waals surface area contributed by atoms with Gasteiger partial charge in [-0.05, 0) is 69.1 Å². The molecule has 6 atom stereocenters. The Balaban J connectivity index is 5.28. The van der Waals surface area contributed by atoms with Gasteiger partial charge in [-0.1, -0.05) is 253 Å². The van der Waals surface area contributed by atoms with E-state index in [1.54, 1.807) is 0 Å². The molecule has 506 valence electrons. The molecule has 0 saturated heterocycles. The third-order valence-corrected chi connectivity index (χ3v) is 17.0. The molecule has 0 spiro atoms. The van der Waals surface area contributed by atoms with Crippen molar-refractivity contribution < 1.29 is 80.2 Å². The molecule has 3 unspecified atom stereocenters. The Bertz CT molecular complexity index is 1790. The molecular weight excluding hydrogens is 1140 g/mol. The highest BCUT2D eigenvalue weighted by Gasteiger charge is 2.30. The number of phosphoric ester groups is 2. The average molecular weight is 1270 g/mol. The number of hydrogen-bond donors (Lipinski definition) is 3. The summed E-state index contributed by atoms with van der Waals surface area (Å²) in [6.07, 6.45) is 42.8. The maximum Gasteiger partial charge on any atom is 0.472 e. The van der Waals surface area contributed by atoms with Gasteiger partial charge in [-0.25, -0.2) is 9.13 Å². The van der Waals surface area contributed by atoms with E-state index in [0.29, 0.717) is 37.5 Å². The number of phosphoric acid groups is 2. The van der Waals surface area contributed by atoms with E-state index in [9.17, 15) is 43.2 Å². The summed E-state index contributed by atoms with van der Waals surface area (Å²) in [6.45, 7) is 11.6. The van der Waals surface area contributed by atoms with E-state index in [1.807, 2.05) is 0 Å². The Labute approximate surface area is 522 Å². The van der Waals surface area contributed by atoms with E-state index in [4.69, 9.17) is 37.0 Å². The van der Waals surface area contributed by atoms with Crippen LogP contribution in [0.5, 0.6) is 0 Å². The lowest BCUT2D eigenvalue weighted by Gasteiger charge is -2.21. The first-order chi connectivity index (χ1) is 41.3. The van der Waals surface area contributed by atoms with Crippen molar-refractivity contribution in [2.45, 2.75) is 324 Å². The van der Waals surface area contributed by atoms with Gasteiger partial charge in [0.15, 0.2) is 12.2 Å². The number of allylic oxidation sites excluding steroid dienone is 4. The summed E-state index contributed by atoms with van der Waals surface area (Å²) in [7, 11) is -9.91. The van der Waals surface area contributed by atoms with Gasteiger partial charge in [0.2, 0.25) is 0 Å². The zero-order valence-electron chi connectivity index (χ0n) is 55.3. The number of aliphatic hydroxyl groups excluding tert-OH is 1. The number of esters is 4. The van der Waals surface area contributed by atoms with E-state index < -0.39 is 97.5 Å². The molecule has 0 aromatic rings. The van der Waals surface area contributed by atoms with Gasteiger partial charge < -0.3 is 33.8 Å². The van der Waals surface area contributed by atoms with E-state index in [-0.39, 0.29) is 25.7 Å². The van der Waals surface area contributed by atoms with Crippen LogP contribution in [0.2, 0.25) is 0 Å². The molecule has 0 aliphatic heterocycles. The van der Waals surface area contributed by atoms with Gasteiger partial charge in [0.05, 0.1) is 26.4 Å². The van der Waals surface area contributed by atoms with Crippen LogP contribution in [0, 0.1) is 17.8 Å². The summed E-state index contributed by atoms with van der Waals surface area (Å²) in [4.78, 5) is 72.3. The summed E-state index contributed by atoms with van der Waals surface area (Å²) in [5.74, 6) is -0.0290. The summed E-state index contributed by atoms with van der Waals surface area (Å²) in [5.41, 5.74) is 0. The van der Waals surface area contributed by atoms with Gasteiger partial charge in [0, 0.05) is 25.7 Å². The molecule has 0 rings (SSSR count). The summed E-state index contributed by atoms with van der Waals surface area (Å²) in [5, 5.41) is 10.5. The van der Waals surface area contributed by atoms with Gasteiger partial charge in [0.25, 0.3) is 0 Å². The van der Waals surface area contributed by atoms with E-state index in [0.717, 1.165) is 121 Å². The largest absolute Gasteiger partial charge is 0.472 e. The highest BCUT2D eigenvalue weighted by molar-refractivity contribution is 7.47. The fourth-order valence-electron chi connectivity index (χ4n) is 9.44. The Morgan fingerprint density at radius 2 is 0.686 bits per heavy atom. The molecule has 0 aromatic heterocycles. The summed E-state index contributed by atoms with van der Waals surface area (Å²) < 4.78 is 68.0. The molecule has 17 nitrogen and oxygen atoms in total. The highest BCUT2D eigenvalue weighted by Crippen LogP contribution is 2.45. The molecule has 0 aromatic carbocycles. The first kappa shape index (κ1) is 83.5. The Hall–Kier alpha value is -2.46. The SMILES string of the molecule is CCCCCC/C=C\C=C/CCCCCCCC(=O)OC[C@H](COP(=O)(O)OC[C@@H](O)COP(=O)(O)OC[C@@H](COC(=O)CCCCCCCCC(C)C)OC(=O)CCCCCCCCCC(C)C)OC(=O)CCCCCCCCCCC(C)CC. The third-order valence-electron chi connectivity index (χ3n) is 15.1. The molecule has 0 amide bonds. The minimum atomic E-state index is -4.96. The molecule has 0 aliphatic carbocycles. The van der Waals surface area contributed by atoms with Gasteiger partial charge in [-0.15, -0.1) is 0 Å². The molecule has 0 fully saturated rings. The predicted molar refractivity (Wildman–Crippen MR) is 344 cm³/mol. The minimum absolute atomic E-state index is 0.0974. The lowest BCUT2D eigenvalue weighted by atomic mass is 9.99. The van der Waals surface area contributed by atoms with Gasteiger partial charge in [-0.3, -0.25) is 37.3 Å². The maximum atomic E-state index is 13.0. The molecule has 3 N–H and O–H groups in total. The molecule has 0 saturated carbocycles. The molecule has 86 heavy (non-hydrogen) atoms. The van der Waals surface area contributed by atoms with Crippen molar-refractivity contribution in [2.75, 3.05) is 39.6 Å². The average Bonchev–Trinajstić information content (AvgIpc) is 3.67. The first-order valence-corrected chi connectivity index (χ1v) is 37.2. The zero-order chi connectivity index (χ0) is 63.8. The maximum absolute atomic E-state index is 13.0. The van der Waals surface area contributed by atoms with Crippen LogP contribution in [0.3, 0.4) is 0 Å². The Kier molecular flexibility index (Phi) is 56.0. The lowest BCUT2D eigenvalue weighted by molar-refractivity contribution is -0.161. The molecule has 0 heterocycles. The summed E-state index contributed by atoms with van der Waals surface area (Å²) >= 11 is 0. The Morgan fingerprint density at radius 3 is 1.03 bits per heavy atom.